The molecule has 0 bridgehead atoms. The molecule has 9 heteroatoms. The third-order valence-corrected chi connectivity index (χ3v) is 10.2. The van der Waals surface area contributed by atoms with Crippen LogP contribution in [-0.2, 0) is 18.4 Å². The molecule has 3 atom stereocenters. The van der Waals surface area contributed by atoms with Crippen molar-refractivity contribution in [2.45, 2.75) is 199 Å². The van der Waals surface area contributed by atoms with E-state index in [1.54, 1.807) is 0 Å². The van der Waals surface area contributed by atoms with E-state index in [-0.39, 0.29) is 19.1 Å². The van der Waals surface area contributed by atoms with Crippen LogP contribution in [0.25, 0.3) is 0 Å². The molecule has 0 aliphatic heterocycles. The van der Waals surface area contributed by atoms with Gasteiger partial charge in [0, 0.05) is 6.42 Å². The number of carbonyl (C=O) groups is 1. The van der Waals surface area contributed by atoms with Crippen LogP contribution < -0.4 is 5.32 Å². The van der Waals surface area contributed by atoms with Crippen LogP contribution in [0.15, 0.2) is 12.2 Å². The van der Waals surface area contributed by atoms with Gasteiger partial charge in [-0.05, 0) is 38.5 Å². The minimum absolute atomic E-state index is 0.0752. The van der Waals surface area contributed by atoms with E-state index in [4.69, 9.17) is 9.05 Å². The SMILES string of the molecule is CCCCCCCC/C=C/CCCCCCCCCC(=O)N[C@@H](COP(=O)(O)OCC[N+](C)(C)C)[C@H](O)CCCCCCCCCCCC. The summed E-state index contributed by atoms with van der Waals surface area (Å²) < 4.78 is 23.5. The zero-order valence-electron chi connectivity index (χ0n) is 32.9. The number of allylic oxidation sites excluding steroid dienone is 2. The molecule has 292 valence electrons. The molecule has 0 spiro atoms. The monoisotopic (exact) mass is 718 g/mol. The number of phosphoric ester groups is 1. The van der Waals surface area contributed by atoms with Gasteiger partial charge in [-0.2, -0.15) is 0 Å². The highest BCUT2D eigenvalue weighted by Crippen LogP contribution is 2.43. The van der Waals surface area contributed by atoms with Crippen LogP contribution in [0.2, 0.25) is 0 Å². The summed E-state index contributed by atoms with van der Waals surface area (Å²) in [4.78, 5) is 23.0. The maximum Gasteiger partial charge on any atom is 0.472 e. The number of aliphatic hydroxyl groups excluding tert-OH is 1. The van der Waals surface area contributed by atoms with Crippen LogP contribution >= 0.6 is 7.82 Å². The number of amides is 1. The molecule has 0 aromatic rings. The number of carbonyl (C=O) groups excluding carboxylic acids is 1. The van der Waals surface area contributed by atoms with E-state index in [1.165, 1.54) is 122 Å². The average Bonchev–Trinajstić information content (AvgIpc) is 3.04. The third kappa shape index (κ3) is 35.4. The molecule has 49 heavy (non-hydrogen) atoms. The first-order valence-corrected chi connectivity index (χ1v) is 22.0. The van der Waals surface area contributed by atoms with Gasteiger partial charge in [0.2, 0.25) is 5.91 Å². The minimum Gasteiger partial charge on any atom is -0.391 e. The quantitative estimate of drug-likeness (QED) is 0.0256. The Morgan fingerprint density at radius 1 is 0.673 bits per heavy atom. The highest BCUT2D eigenvalue weighted by atomic mass is 31.2. The van der Waals surface area contributed by atoms with E-state index < -0.39 is 20.0 Å². The van der Waals surface area contributed by atoms with Gasteiger partial charge in [-0.15, -0.1) is 0 Å². The molecule has 0 fully saturated rings. The Hall–Kier alpha value is -0.760. The number of quaternary nitrogens is 1. The molecule has 0 aromatic heterocycles. The number of hydrogen-bond donors (Lipinski definition) is 3. The zero-order chi connectivity index (χ0) is 36.5. The number of nitrogens with one attached hydrogen (secondary N) is 1. The van der Waals surface area contributed by atoms with E-state index >= 15 is 0 Å². The van der Waals surface area contributed by atoms with Gasteiger partial charge in [-0.3, -0.25) is 13.8 Å². The van der Waals surface area contributed by atoms with Crippen molar-refractivity contribution in [3.8, 4) is 0 Å². The molecule has 0 aliphatic carbocycles. The summed E-state index contributed by atoms with van der Waals surface area (Å²) in [6.45, 7) is 4.86. The first-order valence-electron chi connectivity index (χ1n) is 20.6. The maximum absolute atomic E-state index is 12.8. The molecular weight excluding hydrogens is 635 g/mol. The molecule has 1 unspecified atom stereocenters. The van der Waals surface area contributed by atoms with Crippen LogP contribution in [0, 0.1) is 0 Å². The van der Waals surface area contributed by atoms with E-state index in [1.807, 2.05) is 21.1 Å². The number of likely N-dealkylation sites (N-methyl/N-ethyl adjacent to an activating group) is 1. The fourth-order valence-electron chi connectivity index (χ4n) is 5.92. The summed E-state index contributed by atoms with van der Waals surface area (Å²) in [6.07, 6.45) is 35.2. The molecule has 3 N–H and O–H groups in total. The Bertz CT molecular complexity index is 819. The topological polar surface area (TPSA) is 105 Å². The van der Waals surface area contributed by atoms with Crippen molar-refractivity contribution < 1.29 is 32.9 Å². The molecule has 0 heterocycles. The Morgan fingerprint density at radius 2 is 1.10 bits per heavy atom. The van der Waals surface area contributed by atoms with Crippen molar-refractivity contribution in [1.29, 1.82) is 0 Å². The van der Waals surface area contributed by atoms with Crippen LogP contribution in [0.4, 0.5) is 0 Å². The van der Waals surface area contributed by atoms with E-state index in [0.717, 1.165) is 38.5 Å². The molecule has 0 aliphatic rings. The smallest absolute Gasteiger partial charge is 0.391 e. The zero-order valence-corrected chi connectivity index (χ0v) is 33.8. The Balaban J connectivity index is 4.36. The fraction of sp³-hybridized carbons (Fsp3) is 0.925. The Morgan fingerprint density at radius 3 is 1.57 bits per heavy atom. The summed E-state index contributed by atoms with van der Waals surface area (Å²) >= 11 is 0. The van der Waals surface area contributed by atoms with Crippen molar-refractivity contribution in [1.82, 2.24) is 5.32 Å². The second-order valence-corrected chi connectivity index (χ2v) is 16.8. The van der Waals surface area contributed by atoms with Crippen molar-refractivity contribution in [3.63, 3.8) is 0 Å². The van der Waals surface area contributed by atoms with Gasteiger partial charge in [-0.25, -0.2) is 4.57 Å². The number of phosphoric acid groups is 1. The molecule has 0 saturated carbocycles. The summed E-state index contributed by atoms with van der Waals surface area (Å²) in [5, 5.41) is 13.9. The highest BCUT2D eigenvalue weighted by molar-refractivity contribution is 7.47. The van der Waals surface area contributed by atoms with Crippen molar-refractivity contribution in [3.05, 3.63) is 12.2 Å². The van der Waals surface area contributed by atoms with Crippen LogP contribution in [0.5, 0.6) is 0 Å². The highest BCUT2D eigenvalue weighted by Gasteiger charge is 2.28. The standard InChI is InChI=1S/C40H81N2O6P/c1-6-8-10-12-14-16-18-19-20-21-22-23-24-26-28-30-32-34-40(44)41-38(37-48-49(45,46)47-36-35-42(3,4)5)39(43)33-31-29-27-25-17-15-13-11-9-7-2/h19-20,38-39,43H,6-18,21-37H2,1-5H3,(H-,41,44,45,46)/p+1/b20-19+/t38-,39+/m0/s1. The van der Waals surface area contributed by atoms with Crippen molar-refractivity contribution in [2.24, 2.45) is 0 Å². The van der Waals surface area contributed by atoms with Gasteiger partial charge in [0.1, 0.15) is 13.2 Å². The van der Waals surface area contributed by atoms with E-state index in [9.17, 15) is 19.4 Å². The molecule has 0 rings (SSSR count). The van der Waals surface area contributed by atoms with Crippen LogP contribution in [0.3, 0.4) is 0 Å². The summed E-state index contributed by atoms with van der Waals surface area (Å²) in [6, 6.07) is -0.756. The number of unbranched alkanes of at least 4 members (excludes halogenated alkanes) is 22. The number of hydrogen-bond acceptors (Lipinski definition) is 5. The summed E-state index contributed by atoms with van der Waals surface area (Å²) in [7, 11) is 1.61. The maximum atomic E-state index is 12.8. The lowest BCUT2D eigenvalue weighted by Gasteiger charge is -2.26. The van der Waals surface area contributed by atoms with E-state index in [0.29, 0.717) is 23.9 Å². The Kier molecular flexibility index (Phi) is 32.6. The molecule has 0 radical (unpaired) electrons. The Labute approximate surface area is 303 Å². The largest absolute Gasteiger partial charge is 0.472 e. The summed E-state index contributed by atoms with van der Waals surface area (Å²) in [5.74, 6) is -0.151. The second kappa shape index (κ2) is 33.1. The van der Waals surface area contributed by atoms with Gasteiger partial charge in [-0.1, -0.05) is 154 Å². The van der Waals surface area contributed by atoms with Gasteiger partial charge in [0.15, 0.2) is 0 Å². The third-order valence-electron chi connectivity index (χ3n) is 9.26. The van der Waals surface area contributed by atoms with Crippen molar-refractivity contribution >= 4 is 13.7 Å². The molecule has 0 aromatic carbocycles. The van der Waals surface area contributed by atoms with Gasteiger partial charge in [0.25, 0.3) is 0 Å². The van der Waals surface area contributed by atoms with E-state index in [2.05, 4.69) is 31.3 Å². The molecular formula is C40H82N2O6P+. The van der Waals surface area contributed by atoms with Gasteiger partial charge < -0.3 is 19.8 Å². The second-order valence-electron chi connectivity index (χ2n) is 15.4. The lowest BCUT2D eigenvalue weighted by atomic mass is 10.0. The lowest BCUT2D eigenvalue weighted by Crippen LogP contribution is -2.46. The van der Waals surface area contributed by atoms with Crippen LogP contribution in [0.1, 0.15) is 187 Å². The predicted molar refractivity (Wildman–Crippen MR) is 208 cm³/mol. The predicted octanol–water partition coefficient (Wildman–Crippen LogP) is 10.8. The minimum atomic E-state index is -4.30. The van der Waals surface area contributed by atoms with Crippen molar-refractivity contribution in [2.75, 3.05) is 40.9 Å². The molecule has 8 nitrogen and oxygen atoms in total. The fourth-order valence-corrected chi connectivity index (χ4v) is 6.66. The first-order chi connectivity index (χ1) is 23.5. The number of rotatable bonds is 37. The summed E-state index contributed by atoms with van der Waals surface area (Å²) in [5.41, 5.74) is 0. The molecule has 1 amide bonds. The van der Waals surface area contributed by atoms with Gasteiger partial charge >= 0.3 is 7.82 Å². The van der Waals surface area contributed by atoms with Crippen LogP contribution in [-0.4, -0.2) is 73.4 Å². The number of aliphatic hydroxyl groups is 1. The molecule has 0 saturated heterocycles. The first kappa shape index (κ1) is 48.2. The van der Waals surface area contributed by atoms with Gasteiger partial charge in [0.05, 0.1) is 39.9 Å². The lowest BCUT2D eigenvalue weighted by molar-refractivity contribution is -0.870. The normalized spacial score (nSPS) is 14.7. The average molecular weight is 718 g/mol. The number of nitrogens with zero attached hydrogens (tertiary/aromatic N) is 1.